The van der Waals surface area contributed by atoms with Crippen LogP contribution in [0.25, 0.3) is 0 Å². The lowest BCUT2D eigenvalue weighted by Gasteiger charge is -2.32. The molecule has 20 heavy (non-hydrogen) atoms. The van der Waals surface area contributed by atoms with Crippen LogP contribution in [0.2, 0.25) is 0 Å². The second kappa shape index (κ2) is 5.79. The van der Waals surface area contributed by atoms with Crippen molar-refractivity contribution in [2.75, 3.05) is 4.90 Å². The Morgan fingerprint density at radius 1 is 1.00 bits per heavy atom. The molecule has 1 aliphatic rings. The van der Waals surface area contributed by atoms with Crippen molar-refractivity contribution in [2.45, 2.75) is 19.4 Å². The summed E-state index contributed by atoms with van der Waals surface area (Å²) in [5.74, 6) is 0. The van der Waals surface area contributed by atoms with E-state index in [1.54, 1.807) is 0 Å². The Morgan fingerprint density at radius 2 is 1.75 bits per heavy atom. The molecule has 0 aromatic heterocycles. The van der Waals surface area contributed by atoms with Crippen molar-refractivity contribution < 1.29 is 0 Å². The van der Waals surface area contributed by atoms with Gasteiger partial charge in [0.15, 0.2) is 0 Å². The maximum atomic E-state index is 3.88. The highest BCUT2D eigenvalue weighted by Gasteiger charge is 2.18. The molecule has 0 amide bonds. The van der Waals surface area contributed by atoms with Crippen molar-refractivity contribution in [2.24, 2.45) is 0 Å². The third kappa shape index (κ3) is 2.53. The monoisotopic (exact) mass is 261 g/mol. The van der Waals surface area contributed by atoms with Gasteiger partial charge in [-0.15, -0.1) is 6.58 Å². The van der Waals surface area contributed by atoms with Gasteiger partial charge >= 0.3 is 0 Å². The molecule has 2 aromatic rings. The zero-order valence-electron chi connectivity index (χ0n) is 11.6. The highest BCUT2D eigenvalue weighted by molar-refractivity contribution is 5.61. The molecule has 1 nitrogen and oxygen atoms in total. The van der Waals surface area contributed by atoms with Gasteiger partial charge in [-0.3, -0.25) is 0 Å². The van der Waals surface area contributed by atoms with E-state index in [4.69, 9.17) is 0 Å². The number of benzene rings is 2. The van der Waals surface area contributed by atoms with Crippen LogP contribution >= 0.6 is 0 Å². The normalized spacial score (nSPS) is 13.6. The van der Waals surface area contributed by atoms with Crippen LogP contribution in [0.3, 0.4) is 0 Å². The minimum Gasteiger partial charge on any atom is -0.340 e. The van der Waals surface area contributed by atoms with Crippen LogP contribution in [0.5, 0.6) is 0 Å². The first-order valence-electron chi connectivity index (χ1n) is 7.08. The molecule has 2 aromatic carbocycles. The van der Waals surface area contributed by atoms with Gasteiger partial charge in [0.2, 0.25) is 0 Å². The zero-order chi connectivity index (χ0) is 13.8. The molecule has 0 N–H and O–H groups in total. The summed E-state index contributed by atoms with van der Waals surface area (Å²) in [5.41, 5.74) is 5.41. The van der Waals surface area contributed by atoms with Crippen LogP contribution < -0.4 is 4.90 Å². The lowest BCUT2D eigenvalue weighted by molar-refractivity contribution is 0.853. The van der Waals surface area contributed by atoms with Crippen molar-refractivity contribution in [1.82, 2.24) is 0 Å². The minimum atomic E-state index is 0.914. The average molecular weight is 261 g/mol. The van der Waals surface area contributed by atoms with Crippen LogP contribution in [-0.4, -0.2) is 0 Å². The topological polar surface area (TPSA) is 3.24 Å². The van der Waals surface area contributed by atoms with Crippen LogP contribution in [0, 0.1) is 0 Å². The predicted octanol–water partition coefficient (Wildman–Crippen LogP) is 4.71. The first kappa shape index (κ1) is 12.7. The van der Waals surface area contributed by atoms with Crippen molar-refractivity contribution in [1.29, 1.82) is 0 Å². The first-order valence-corrected chi connectivity index (χ1v) is 7.08. The third-order valence-corrected chi connectivity index (χ3v) is 3.72. The zero-order valence-corrected chi connectivity index (χ0v) is 11.6. The number of nitrogens with zero attached hydrogens (tertiary/aromatic N) is 1. The molecule has 0 unspecified atom stereocenters. The third-order valence-electron chi connectivity index (χ3n) is 3.72. The Hall–Kier alpha value is -2.28. The summed E-state index contributed by atoms with van der Waals surface area (Å²) in [5, 5.41) is 0. The summed E-state index contributed by atoms with van der Waals surface area (Å²) >= 11 is 0. The van der Waals surface area contributed by atoms with Crippen LogP contribution in [0.1, 0.15) is 17.5 Å². The summed E-state index contributed by atoms with van der Waals surface area (Å²) in [6.45, 7) is 4.80. The highest BCUT2D eigenvalue weighted by Crippen LogP contribution is 2.32. The molecule has 0 radical (unpaired) electrons. The molecule has 100 valence electrons. The summed E-state index contributed by atoms with van der Waals surface area (Å²) in [7, 11) is 0. The number of allylic oxidation sites excluding steroid dienone is 2. The molecule has 1 aliphatic heterocycles. The lowest BCUT2D eigenvalue weighted by Crippen LogP contribution is -2.25. The number of rotatable bonds is 4. The maximum absolute atomic E-state index is 3.88. The second-order valence-corrected chi connectivity index (χ2v) is 5.09. The quantitative estimate of drug-likeness (QED) is 0.720. The van der Waals surface area contributed by atoms with E-state index in [1.165, 1.54) is 22.5 Å². The van der Waals surface area contributed by atoms with E-state index in [0.717, 1.165) is 19.4 Å². The number of hydrogen-bond donors (Lipinski definition) is 0. The minimum absolute atomic E-state index is 0.914. The van der Waals surface area contributed by atoms with Gasteiger partial charge in [-0.25, -0.2) is 0 Å². The van der Waals surface area contributed by atoms with E-state index in [0.29, 0.717) is 0 Å². The summed E-state index contributed by atoms with van der Waals surface area (Å²) in [4.78, 5) is 2.41. The Balaban J connectivity index is 1.96. The molecule has 3 rings (SSSR count). The van der Waals surface area contributed by atoms with Gasteiger partial charge in [-0.1, -0.05) is 60.7 Å². The molecular weight excluding hydrogens is 242 g/mol. The van der Waals surface area contributed by atoms with E-state index in [1.807, 2.05) is 6.08 Å². The molecular formula is C19H19N. The van der Waals surface area contributed by atoms with Gasteiger partial charge in [-0.05, 0) is 23.6 Å². The maximum Gasteiger partial charge on any atom is 0.0478 e. The molecule has 1 heterocycles. The van der Waals surface area contributed by atoms with E-state index < -0.39 is 0 Å². The summed E-state index contributed by atoms with van der Waals surface area (Å²) in [6, 6.07) is 19.3. The van der Waals surface area contributed by atoms with Crippen molar-refractivity contribution in [3.8, 4) is 0 Å². The summed E-state index contributed by atoms with van der Waals surface area (Å²) in [6.07, 6.45) is 6.25. The van der Waals surface area contributed by atoms with Crippen LogP contribution in [0.4, 0.5) is 5.69 Å². The largest absolute Gasteiger partial charge is 0.340 e. The van der Waals surface area contributed by atoms with Gasteiger partial charge in [-0.2, -0.15) is 0 Å². The number of fused-ring (bicyclic) bond motifs is 1. The molecule has 0 aliphatic carbocycles. The SMILES string of the molecule is C=CCC1=CCc2ccccc2N1Cc1ccccc1. The fourth-order valence-corrected chi connectivity index (χ4v) is 2.73. The van der Waals surface area contributed by atoms with E-state index in [2.05, 4.69) is 72.2 Å². The Morgan fingerprint density at radius 3 is 2.55 bits per heavy atom. The first-order chi connectivity index (χ1) is 9.88. The lowest BCUT2D eigenvalue weighted by atomic mass is 10.0. The van der Waals surface area contributed by atoms with E-state index in [-0.39, 0.29) is 0 Å². The Kier molecular flexibility index (Phi) is 3.69. The van der Waals surface area contributed by atoms with Gasteiger partial charge in [0.1, 0.15) is 0 Å². The fourth-order valence-electron chi connectivity index (χ4n) is 2.73. The standard InChI is InChI=1S/C19H19N/c1-2-8-18-14-13-17-11-6-7-12-19(17)20(18)15-16-9-4-3-5-10-16/h2-7,9-12,14H,1,8,13,15H2. The summed E-state index contributed by atoms with van der Waals surface area (Å²) < 4.78 is 0. The van der Waals surface area contributed by atoms with Gasteiger partial charge < -0.3 is 4.90 Å². The second-order valence-electron chi connectivity index (χ2n) is 5.09. The number of para-hydroxylation sites is 1. The van der Waals surface area contributed by atoms with Crippen molar-refractivity contribution in [3.63, 3.8) is 0 Å². The van der Waals surface area contributed by atoms with Crippen molar-refractivity contribution in [3.05, 3.63) is 90.2 Å². The van der Waals surface area contributed by atoms with Gasteiger partial charge in [0.25, 0.3) is 0 Å². The molecule has 0 saturated carbocycles. The molecule has 1 heteroatoms. The van der Waals surface area contributed by atoms with Gasteiger partial charge in [0.05, 0.1) is 0 Å². The molecule has 0 spiro atoms. The number of anilines is 1. The van der Waals surface area contributed by atoms with E-state index >= 15 is 0 Å². The van der Waals surface area contributed by atoms with Crippen molar-refractivity contribution >= 4 is 5.69 Å². The van der Waals surface area contributed by atoms with Crippen LogP contribution in [0.15, 0.2) is 79.0 Å². The molecule has 0 fully saturated rings. The van der Waals surface area contributed by atoms with E-state index in [9.17, 15) is 0 Å². The fraction of sp³-hybridized carbons (Fsp3) is 0.158. The molecule has 0 saturated heterocycles. The highest BCUT2D eigenvalue weighted by atomic mass is 15.1. The average Bonchev–Trinajstić information content (AvgIpc) is 2.51. The Bertz CT molecular complexity index is 625. The molecule has 0 atom stereocenters. The molecule has 0 bridgehead atoms. The van der Waals surface area contributed by atoms with Crippen LogP contribution in [-0.2, 0) is 13.0 Å². The van der Waals surface area contributed by atoms with Gasteiger partial charge in [0, 0.05) is 24.4 Å². The smallest absolute Gasteiger partial charge is 0.0478 e. The predicted molar refractivity (Wildman–Crippen MR) is 85.7 cm³/mol. The Labute approximate surface area is 120 Å². The number of hydrogen-bond acceptors (Lipinski definition) is 1.